The lowest BCUT2D eigenvalue weighted by Gasteiger charge is -2.31. The summed E-state index contributed by atoms with van der Waals surface area (Å²) in [5.74, 6) is 0.186. The van der Waals surface area contributed by atoms with Crippen molar-refractivity contribution >= 4 is 5.91 Å². The summed E-state index contributed by atoms with van der Waals surface area (Å²) in [5, 5.41) is 0. The summed E-state index contributed by atoms with van der Waals surface area (Å²) in [7, 11) is 1.98. The smallest absolute Gasteiger partial charge is 0.254 e. The second kappa shape index (κ2) is 8.14. The quantitative estimate of drug-likeness (QED) is 0.769. The zero-order valence-electron chi connectivity index (χ0n) is 14.6. The van der Waals surface area contributed by atoms with Crippen LogP contribution in [0.3, 0.4) is 0 Å². The van der Waals surface area contributed by atoms with Gasteiger partial charge in [-0.1, -0.05) is 67.8 Å². The maximum atomic E-state index is 13.0. The van der Waals surface area contributed by atoms with Crippen molar-refractivity contribution in [1.29, 1.82) is 0 Å². The van der Waals surface area contributed by atoms with Gasteiger partial charge < -0.3 is 4.90 Å². The summed E-state index contributed by atoms with van der Waals surface area (Å²) in [4.78, 5) is 15.0. The molecule has 24 heavy (non-hydrogen) atoms. The van der Waals surface area contributed by atoms with Crippen LogP contribution in [0.1, 0.15) is 53.6 Å². The van der Waals surface area contributed by atoms with E-state index in [4.69, 9.17) is 0 Å². The molecule has 1 amide bonds. The largest absolute Gasteiger partial charge is 0.339 e. The van der Waals surface area contributed by atoms with Gasteiger partial charge in [-0.3, -0.25) is 4.79 Å². The molecule has 0 N–H and O–H groups in total. The minimum Gasteiger partial charge on any atom is -0.339 e. The zero-order chi connectivity index (χ0) is 16.8. The van der Waals surface area contributed by atoms with Gasteiger partial charge in [-0.2, -0.15) is 0 Å². The average molecular weight is 321 g/mol. The lowest BCUT2D eigenvalue weighted by atomic mass is 9.93. The van der Waals surface area contributed by atoms with E-state index in [0.717, 1.165) is 36.8 Å². The van der Waals surface area contributed by atoms with E-state index < -0.39 is 0 Å². The maximum absolute atomic E-state index is 13.0. The number of hydrogen-bond donors (Lipinski definition) is 0. The molecule has 1 aliphatic rings. The number of rotatable bonds is 5. The highest BCUT2D eigenvalue weighted by molar-refractivity contribution is 5.95. The molecule has 3 rings (SSSR count). The van der Waals surface area contributed by atoms with Crippen LogP contribution in [0.15, 0.2) is 54.6 Å². The zero-order valence-corrected chi connectivity index (χ0v) is 14.6. The van der Waals surface area contributed by atoms with E-state index in [9.17, 15) is 4.79 Å². The summed E-state index contributed by atoms with van der Waals surface area (Å²) >= 11 is 0. The van der Waals surface area contributed by atoms with Crippen LogP contribution in [-0.2, 0) is 12.8 Å². The lowest BCUT2D eigenvalue weighted by Crippen LogP contribution is -2.38. The first-order chi connectivity index (χ1) is 11.8. The molecule has 0 saturated heterocycles. The first kappa shape index (κ1) is 16.8. The van der Waals surface area contributed by atoms with Crippen LogP contribution in [0.4, 0.5) is 0 Å². The van der Waals surface area contributed by atoms with Gasteiger partial charge >= 0.3 is 0 Å². The Morgan fingerprint density at radius 2 is 1.58 bits per heavy atom. The number of benzene rings is 2. The van der Waals surface area contributed by atoms with Crippen molar-refractivity contribution in [3.63, 3.8) is 0 Å². The Kier molecular flexibility index (Phi) is 5.68. The van der Waals surface area contributed by atoms with E-state index in [1.54, 1.807) is 0 Å². The SMILES string of the molecule is CN(C(=O)c1ccccc1CCc1ccccc1)C1CCCCC1. The highest BCUT2D eigenvalue weighted by atomic mass is 16.2. The summed E-state index contributed by atoms with van der Waals surface area (Å²) in [6.45, 7) is 0. The molecule has 0 spiro atoms. The Labute approximate surface area is 145 Å². The molecule has 2 heteroatoms. The van der Waals surface area contributed by atoms with E-state index in [2.05, 4.69) is 30.3 Å². The minimum absolute atomic E-state index is 0.186. The summed E-state index contributed by atoms with van der Waals surface area (Å²) in [6.07, 6.45) is 7.98. The Morgan fingerprint density at radius 1 is 0.917 bits per heavy atom. The van der Waals surface area contributed by atoms with Crippen LogP contribution in [-0.4, -0.2) is 23.9 Å². The second-order valence-electron chi connectivity index (χ2n) is 6.85. The predicted molar refractivity (Wildman–Crippen MR) is 99.3 cm³/mol. The Balaban J connectivity index is 1.71. The molecule has 0 radical (unpaired) electrons. The number of nitrogens with zero attached hydrogens (tertiary/aromatic N) is 1. The molecular weight excluding hydrogens is 294 g/mol. The van der Waals surface area contributed by atoms with Crippen LogP contribution in [0.25, 0.3) is 0 Å². The van der Waals surface area contributed by atoms with Gasteiger partial charge in [-0.05, 0) is 42.9 Å². The van der Waals surface area contributed by atoms with E-state index in [1.165, 1.54) is 24.8 Å². The number of amides is 1. The van der Waals surface area contributed by atoms with Gasteiger partial charge in [0.15, 0.2) is 0 Å². The van der Waals surface area contributed by atoms with Gasteiger partial charge in [-0.25, -0.2) is 0 Å². The van der Waals surface area contributed by atoms with E-state index >= 15 is 0 Å². The molecule has 1 saturated carbocycles. The predicted octanol–water partition coefficient (Wildman–Crippen LogP) is 4.88. The van der Waals surface area contributed by atoms with Gasteiger partial charge in [0, 0.05) is 18.7 Å². The van der Waals surface area contributed by atoms with Crippen molar-refractivity contribution in [1.82, 2.24) is 4.90 Å². The van der Waals surface area contributed by atoms with E-state index in [0.29, 0.717) is 6.04 Å². The fourth-order valence-electron chi connectivity index (χ4n) is 3.69. The fraction of sp³-hybridized carbons (Fsp3) is 0.409. The van der Waals surface area contributed by atoms with Crippen LogP contribution in [0.2, 0.25) is 0 Å². The standard InChI is InChI=1S/C22H27NO/c1-23(20-13-6-3-7-14-20)22(24)21-15-9-8-12-19(21)17-16-18-10-4-2-5-11-18/h2,4-5,8-12,15,20H,3,6-7,13-14,16-17H2,1H3. The van der Waals surface area contributed by atoms with Gasteiger partial charge in [-0.15, -0.1) is 0 Å². The van der Waals surface area contributed by atoms with Gasteiger partial charge in [0.2, 0.25) is 0 Å². The fourth-order valence-corrected chi connectivity index (χ4v) is 3.69. The van der Waals surface area contributed by atoms with E-state index in [-0.39, 0.29) is 5.91 Å². The monoisotopic (exact) mass is 321 g/mol. The minimum atomic E-state index is 0.186. The molecule has 2 aromatic carbocycles. The number of hydrogen-bond acceptors (Lipinski definition) is 1. The first-order valence-electron chi connectivity index (χ1n) is 9.14. The Bertz CT molecular complexity index is 659. The molecule has 0 heterocycles. The van der Waals surface area contributed by atoms with Crippen molar-refractivity contribution in [2.24, 2.45) is 0 Å². The maximum Gasteiger partial charge on any atom is 0.254 e. The van der Waals surface area contributed by atoms with Gasteiger partial charge in [0.1, 0.15) is 0 Å². The molecule has 1 fully saturated rings. The van der Waals surface area contributed by atoms with Crippen LogP contribution >= 0.6 is 0 Å². The first-order valence-corrected chi connectivity index (χ1v) is 9.14. The number of aryl methyl sites for hydroxylation is 2. The molecule has 0 unspecified atom stereocenters. The molecule has 1 aliphatic carbocycles. The van der Waals surface area contributed by atoms with Crippen LogP contribution < -0.4 is 0 Å². The second-order valence-corrected chi connectivity index (χ2v) is 6.85. The summed E-state index contributed by atoms with van der Waals surface area (Å²) < 4.78 is 0. The Morgan fingerprint density at radius 3 is 2.33 bits per heavy atom. The Hall–Kier alpha value is -2.09. The van der Waals surface area contributed by atoms with Crippen molar-refractivity contribution in [3.05, 3.63) is 71.3 Å². The normalized spacial score (nSPS) is 15.2. The molecule has 0 aliphatic heterocycles. The molecule has 0 atom stereocenters. The van der Waals surface area contributed by atoms with Gasteiger partial charge in [0.05, 0.1) is 0 Å². The third-order valence-electron chi connectivity index (χ3n) is 5.22. The van der Waals surface area contributed by atoms with Crippen molar-refractivity contribution in [3.8, 4) is 0 Å². The average Bonchev–Trinajstić information content (AvgIpc) is 2.67. The van der Waals surface area contributed by atoms with Crippen molar-refractivity contribution in [2.45, 2.75) is 51.0 Å². The van der Waals surface area contributed by atoms with Gasteiger partial charge in [0.25, 0.3) is 5.91 Å². The number of carbonyl (C=O) groups is 1. The summed E-state index contributed by atoms with van der Waals surface area (Å²) in [5.41, 5.74) is 3.36. The number of carbonyl (C=O) groups excluding carboxylic acids is 1. The third-order valence-corrected chi connectivity index (χ3v) is 5.22. The lowest BCUT2D eigenvalue weighted by molar-refractivity contribution is 0.0695. The van der Waals surface area contributed by atoms with Crippen LogP contribution in [0.5, 0.6) is 0 Å². The highest BCUT2D eigenvalue weighted by Gasteiger charge is 2.24. The topological polar surface area (TPSA) is 20.3 Å². The third kappa shape index (κ3) is 4.05. The van der Waals surface area contributed by atoms with Crippen molar-refractivity contribution < 1.29 is 4.79 Å². The molecule has 0 bridgehead atoms. The summed E-state index contributed by atoms with van der Waals surface area (Å²) in [6, 6.07) is 19.0. The molecule has 2 nitrogen and oxygen atoms in total. The van der Waals surface area contributed by atoms with E-state index in [1.807, 2.05) is 36.2 Å². The molecule has 2 aromatic rings. The molecule has 0 aromatic heterocycles. The van der Waals surface area contributed by atoms with Crippen molar-refractivity contribution in [2.75, 3.05) is 7.05 Å². The molecular formula is C22H27NO. The molecule has 126 valence electrons. The van der Waals surface area contributed by atoms with Crippen LogP contribution in [0, 0.1) is 0 Å². The highest BCUT2D eigenvalue weighted by Crippen LogP contribution is 2.24.